The van der Waals surface area contributed by atoms with Crippen LogP contribution in [0.5, 0.6) is 5.75 Å². The number of hydrogen-bond acceptors (Lipinski definition) is 5. The van der Waals surface area contributed by atoms with Crippen LogP contribution in [-0.2, 0) is 11.2 Å². The highest BCUT2D eigenvalue weighted by Crippen LogP contribution is 2.38. The molecule has 0 saturated carbocycles. The van der Waals surface area contributed by atoms with Gasteiger partial charge in [-0.2, -0.15) is 0 Å². The van der Waals surface area contributed by atoms with Gasteiger partial charge in [-0.3, -0.25) is 4.90 Å². The van der Waals surface area contributed by atoms with Gasteiger partial charge in [0.15, 0.2) is 0 Å². The van der Waals surface area contributed by atoms with Crippen LogP contribution < -0.4 is 10.5 Å². The minimum Gasteiger partial charge on any atom is -0.492 e. The van der Waals surface area contributed by atoms with E-state index in [-0.39, 0.29) is 12.4 Å². The van der Waals surface area contributed by atoms with Crippen molar-refractivity contribution in [2.45, 2.75) is 25.7 Å². The average Bonchev–Trinajstić information content (AvgIpc) is 3.01. The lowest BCUT2D eigenvalue weighted by molar-refractivity contribution is 0.0448. The smallest absolute Gasteiger partial charge is 0.342 e. The molecule has 2 heterocycles. The van der Waals surface area contributed by atoms with Crippen molar-refractivity contribution >= 4 is 35.7 Å². The van der Waals surface area contributed by atoms with E-state index < -0.39 is 5.97 Å². The Morgan fingerprint density at radius 3 is 2.83 bits per heavy atom. The van der Waals surface area contributed by atoms with Gasteiger partial charge in [-0.25, -0.2) is 4.79 Å². The van der Waals surface area contributed by atoms with E-state index in [2.05, 4.69) is 4.90 Å². The molecule has 0 spiro atoms. The molecule has 0 unspecified atom stereocenters. The Kier molecular flexibility index (Phi) is 6.39. The van der Waals surface area contributed by atoms with Crippen LogP contribution >= 0.6 is 24.0 Å². The number of nitrogens with zero attached hydrogens (tertiary/aromatic N) is 1. The number of piperidine rings is 1. The zero-order chi connectivity index (χ0) is 15.5. The third-order valence-corrected chi connectivity index (χ3v) is 4.59. The largest absolute Gasteiger partial charge is 0.492 e. The lowest BCUT2D eigenvalue weighted by Crippen LogP contribution is -2.33. The van der Waals surface area contributed by atoms with Crippen LogP contribution in [0.1, 0.15) is 35.2 Å². The summed E-state index contributed by atoms with van der Waals surface area (Å²) in [5, 5.41) is 0.382. The molecule has 2 aliphatic rings. The molecule has 5 nitrogen and oxygen atoms in total. The van der Waals surface area contributed by atoms with E-state index in [1.807, 2.05) is 0 Å². The number of ether oxygens (including phenoxy) is 2. The van der Waals surface area contributed by atoms with Crippen molar-refractivity contribution in [1.29, 1.82) is 0 Å². The highest BCUT2D eigenvalue weighted by molar-refractivity contribution is 6.33. The minimum absolute atomic E-state index is 0. The molecule has 0 atom stereocenters. The Bertz CT molecular complexity index is 575. The number of carbonyl (C=O) groups is 1. The predicted molar refractivity (Wildman–Crippen MR) is 92.9 cm³/mol. The average molecular weight is 361 g/mol. The number of anilines is 1. The number of likely N-dealkylation sites (tertiary alicyclic amines) is 1. The van der Waals surface area contributed by atoms with Gasteiger partial charge in [0.1, 0.15) is 17.9 Å². The second-order valence-corrected chi connectivity index (χ2v) is 6.17. The van der Waals surface area contributed by atoms with Crippen LogP contribution in [0, 0.1) is 0 Å². The van der Waals surface area contributed by atoms with E-state index in [1.165, 1.54) is 19.3 Å². The SMILES string of the molecule is Cl.Nc1c(Cl)cc(C(=O)OCCN2CCCCC2)c2c1CCO2. The summed E-state index contributed by atoms with van der Waals surface area (Å²) < 4.78 is 10.9. The van der Waals surface area contributed by atoms with Gasteiger partial charge in [-0.1, -0.05) is 18.0 Å². The molecule has 7 heteroatoms. The van der Waals surface area contributed by atoms with Crippen LogP contribution in [0.25, 0.3) is 0 Å². The van der Waals surface area contributed by atoms with Crippen molar-refractivity contribution in [3.05, 3.63) is 22.2 Å². The zero-order valence-electron chi connectivity index (χ0n) is 13.0. The highest BCUT2D eigenvalue weighted by atomic mass is 35.5. The molecular formula is C16H22Cl2N2O3. The molecule has 1 fully saturated rings. The molecule has 3 rings (SSSR count). The summed E-state index contributed by atoms with van der Waals surface area (Å²) in [6, 6.07) is 1.55. The topological polar surface area (TPSA) is 64.8 Å². The molecule has 0 aliphatic carbocycles. The Morgan fingerprint density at radius 1 is 1.35 bits per heavy atom. The van der Waals surface area contributed by atoms with Gasteiger partial charge in [0.25, 0.3) is 0 Å². The van der Waals surface area contributed by atoms with E-state index in [9.17, 15) is 4.79 Å². The van der Waals surface area contributed by atoms with Gasteiger partial charge in [0.2, 0.25) is 0 Å². The summed E-state index contributed by atoms with van der Waals surface area (Å²) in [7, 11) is 0. The number of nitrogen functional groups attached to an aromatic ring is 1. The third-order valence-electron chi connectivity index (χ3n) is 4.28. The molecule has 2 N–H and O–H groups in total. The molecule has 1 saturated heterocycles. The lowest BCUT2D eigenvalue weighted by Gasteiger charge is -2.25. The normalized spacial score (nSPS) is 17.1. The van der Waals surface area contributed by atoms with Crippen LogP contribution in [0.4, 0.5) is 5.69 Å². The summed E-state index contributed by atoms with van der Waals surface area (Å²) >= 11 is 6.10. The van der Waals surface area contributed by atoms with Gasteiger partial charge >= 0.3 is 5.97 Å². The highest BCUT2D eigenvalue weighted by Gasteiger charge is 2.26. The van der Waals surface area contributed by atoms with Gasteiger partial charge in [0.05, 0.1) is 17.3 Å². The van der Waals surface area contributed by atoms with Crippen LogP contribution in [0.3, 0.4) is 0 Å². The third kappa shape index (κ3) is 4.03. The Hall–Kier alpha value is -1.17. The van der Waals surface area contributed by atoms with Crippen LogP contribution in [0.2, 0.25) is 5.02 Å². The molecule has 0 amide bonds. The first-order valence-corrected chi connectivity index (χ1v) is 8.17. The summed E-state index contributed by atoms with van der Waals surface area (Å²) in [5.41, 5.74) is 7.62. The molecular weight excluding hydrogens is 339 g/mol. The van der Waals surface area contributed by atoms with Gasteiger partial charge in [-0.15, -0.1) is 12.4 Å². The van der Waals surface area contributed by atoms with Gasteiger partial charge in [-0.05, 0) is 32.0 Å². The van der Waals surface area contributed by atoms with E-state index in [4.69, 9.17) is 26.8 Å². The molecule has 0 aromatic heterocycles. The van der Waals surface area contributed by atoms with Crippen LogP contribution in [0.15, 0.2) is 6.07 Å². The number of rotatable bonds is 4. The maximum atomic E-state index is 12.3. The van der Waals surface area contributed by atoms with Crippen molar-refractivity contribution < 1.29 is 14.3 Å². The second kappa shape index (κ2) is 8.08. The molecule has 0 radical (unpaired) electrons. The van der Waals surface area contributed by atoms with Crippen molar-refractivity contribution in [1.82, 2.24) is 4.90 Å². The Labute approximate surface area is 147 Å². The van der Waals surface area contributed by atoms with Crippen molar-refractivity contribution in [3.8, 4) is 5.75 Å². The molecule has 23 heavy (non-hydrogen) atoms. The fourth-order valence-electron chi connectivity index (χ4n) is 3.05. The van der Waals surface area contributed by atoms with E-state index in [1.54, 1.807) is 6.07 Å². The summed E-state index contributed by atoms with van der Waals surface area (Å²) in [4.78, 5) is 14.6. The number of hydrogen-bond donors (Lipinski definition) is 1. The number of nitrogens with two attached hydrogens (primary N) is 1. The van der Waals surface area contributed by atoms with Gasteiger partial charge in [0, 0.05) is 18.5 Å². The van der Waals surface area contributed by atoms with Crippen molar-refractivity contribution in [3.63, 3.8) is 0 Å². The zero-order valence-corrected chi connectivity index (χ0v) is 14.5. The minimum atomic E-state index is -0.392. The van der Waals surface area contributed by atoms with E-state index >= 15 is 0 Å². The summed E-state index contributed by atoms with van der Waals surface area (Å²) in [5.74, 6) is 0.141. The molecule has 0 bridgehead atoms. The lowest BCUT2D eigenvalue weighted by atomic mass is 10.1. The number of benzene rings is 1. The van der Waals surface area contributed by atoms with Crippen LogP contribution in [-0.4, -0.2) is 43.7 Å². The van der Waals surface area contributed by atoms with E-state index in [0.29, 0.717) is 41.7 Å². The predicted octanol–water partition coefficient (Wildman–Crippen LogP) is 2.92. The van der Waals surface area contributed by atoms with Crippen molar-refractivity contribution in [2.24, 2.45) is 0 Å². The standard InChI is InChI=1S/C16H21ClN2O3.ClH/c17-13-10-12(15-11(14(13)18)4-8-21-15)16(20)22-9-7-19-5-2-1-3-6-19;/h10H,1-9,18H2;1H. The number of fused-ring (bicyclic) bond motifs is 1. The van der Waals surface area contributed by atoms with E-state index in [0.717, 1.165) is 25.2 Å². The number of carbonyl (C=O) groups excluding carboxylic acids is 1. The van der Waals surface area contributed by atoms with Gasteiger partial charge < -0.3 is 15.2 Å². The maximum absolute atomic E-state index is 12.3. The number of halogens is 2. The molecule has 1 aromatic rings. The summed E-state index contributed by atoms with van der Waals surface area (Å²) in [6.45, 7) is 3.86. The van der Waals surface area contributed by atoms with Crippen molar-refractivity contribution in [2.75, 3.05) is 38.6 Å². The molecule has 2 aliphatic heterocycles. The first-order valence-electron chi connectivity index (χ1n) is 7.80. The fraction of sp³-hybridized carbons (Fsp3) is 0.562. The monoisotopic (exact) mass is 360 g/mol. The molecule has 128 valence electrons. The first-order chi connectivity index (χ1) is 10.7. The number of esters is 1. The quantitative estimate of drug-likeness (QED) is 0.660. The first kappa shape index (κ1) is 18.2. The maximum Gasteiger partial charge on any atom is 0.342 e. The Balaban J connectivity index is 0.00000192. The molecule has 1 aromatic carbocycles. The second-order valence-electron chi connectivity index (χ2n) is 5.76. The summed E-state index contributed by atoms with van der Waals surface area (Å²) in [6.07, 6.45) is 4.42. The fourth-order valence-corrected chi connectivity index (χ4v) is 3.27. The Morgan fingerprint density at radius 2 is 2.09 bits per heavy atom.